The van der Waals surface area contributed by atoms with Crippen molar-refractivity contribution in [1.82, 2.24) is 0 Å². The summed E-state index contributed by atoms with van der Waals surface area (Å²) in [5.41, 5.74) is -1.45. The number of aliphatic hydroxyl groups excluding tert-OH is 2. The predicted octanol–water partition coefficient (Wildman–Crippen LogP) is 2.43. The summed E-state index contributed by atoms with van der Waals surface area (Å²) in [4.78, 5) is 11.3. The van der Waals surface area contributed by atoms with Gasteiger partial charge >= 0.3 is 5.97 Å². The van der Waals surface area contributed by atoms with Crippen LogP contribution in [0.3, 0.4) is 0 Å². The number of carboxylic acid groups (broad SMARTS) is 1. The highest BCUT2D eigenvalue weighted by Crippen LogP contribution is 2.40. The third-order valence-electron chi connectivity index (χ3n) is 2.95. The van der Waals surface area contributed by atoms with Crippen molar-refractivity contribution in [3.05, 3.63) is 23.2 Å². The molecule has 1 aliphatic carbocycles. The first-order chi connectivity index (χ1) is 7.96. The summed E-state index contributed by atoms with van der Waals surface area (Å²) in [6, 6.07) is 1.70. The van der Waals surface area contributed by atoms with Gasteiger partial charge in [-0.3, -0.25) is 4.79 Å². The van der Waals surface area contributed by atoms with Crippen LogP contribution in [-0.2, 0) is 4.79 Å². The second-order valence-corrected chi connectivity index (χ2v) is 4.21. The average molecular weight is 237 g/mol. The molecule has 1 rings (SSSR count). The van der Waals surface area contributed by atoms with Crippen LogP contribution in [0.4, 0.5) is 0 Å². The van der Waals surface area contributed by atoms with Gasteiger partial charge in [-0.15, -0.1) is 0 Å². The Balaban J connectivity index is 3.16. The van der Waals surface area contributed by atoms with E-state index in [4.69, 9.17) is 5.26 Å². The first kappa shape index (κ1) is 13.1. The summed E-state index contributed by atoms with van der Waals surface area (Å²) in [6.07, 6.45) is 2.91. The highest BCUT2D eigenvalue weighted by atomic mass is 16.4. The number of carboxylic acids is 1. The molecule has 3 N–H and O–H groups in total. The number of carbonyl (C=O) groups is 1. The van der Waals surface area contributed by atoms with Crippen molar-refractivity contribution in [2.75, 3.05) is 0 Å². The molecule has 0 bridgehead atoms. The molecule has 0 heterocycles. The van der Waals surface area contributed by atoms with Crippen LogP contribution < -0.4 is 0 Å². The molecule has 0 aliphatic heterocycles. The van der Waals surface area contributed by atoms with Crippen LogP contribution in [0.5, 0.6) is 0 Å². The van der Waals surface area contributed by atoms with E-state index in [0.717, 1.165) is 6.42 Å². The largest absolute Gasteiger partial charge is 0.508 e. The van der Waals surface area contributed by atoms with Crippen molar-refractivity contribution in [2.24, 2.45) is 5.41 Å². The van der Waals surface area contributed by atoms with E-state index in [9.17, 15) is 20.1 Å². The van der Waals surface area contributed by atoms with Crippen LogP contribution in [0.15, 0.2) is 23.2 Å². The van der Waals surface area contributed by atoms with Gasteiger partial charge in [0, 0.05) is 6.42 Å². The summed E-state index contributed by atoms with van der Waals surface area (Å²) in [5.74, 6) is -2.03. The van der Waals surface area contributed by atoms with E-state index in [2.05, 4.69) is 0 Å². The van der Waals surface area contributed by atoms with Crippen molar-refractivity contribution >= 4 is 5.97 Å². The Morgan fingerprint density at radius 3 is 2.71 bits per heavy atom. The van der Waals surface area contributed by atoms with Gasteiger partial charge in [0.25, 0.3) is 0 Å². The van der Waals surface area contributed by atoms with Gasteiger partial charge in [0.05, 0.1) is 11.0 Å². The number of allylic oxidation sites excluding steroid dienone is 2. The van der Waals surface area contributed by atoms with Gasteiger partial charge in [0.2, 0.25) is 0 Å². The van der Waals surface area contributed by atoms with Crippen LogP contribution in [0.25, 0.3) is 0 Å². The number of rotatable bonds is 4. The highest BCUT2D eigenvalue weighted by molar-refractivity contribution is 5.79. The minimum atomic E-state index is -1.28. The van der Waals surface area contributed by atoms with Gasteiger partial charge < -0.3 is 15.3 Å². The molecule has 5 nitrogen and oxygen atoms in total. The van der Waals surface area contributed by atoms with Crippen LogP contribution in [0.1, 0.15) is 32.6 Å². The lowest BCUT2D eigenvalue weighted by Crippen LogP contribution is -2.32. The summed E-state index contributed by atoms with van der Waals surface area (Å²) in [7, 11) is 0. The maximum absolute atomic E-state index is 11.3. The average Bonchev–Trinajstić information content (AvgIpc) is 2.30. The molecule has 0 saturated heterocycles. The summed E-state index contributed by atoms with van der Waals surface area (Å²) in [5, 5.41) is 37.0. The Bertz CT molecular complexity index is 430. The normalized spacial score (nSPS) is 24.1. The topological polar surface area (TPSA) is 102 Å². The van der Waals surface area contributed by atoms with Crippen molar-refractivity contribution in [2.45, 2.75) is 32.6 Å². The molecule has 0 saturated carbocycles. The van der Waals surface area contributed by atoms with Gasteiger partial charge in [-0.2, -0.15) is 5.26 Å². The molecule has 0 spiro atoms. The van der Waals surface area contributed by atoms with Crippen molar-refractivity contribution in [3.63, 3.8) is 0 Å². The Hall–Kier alpha value is -1.96. The maximum atomic E-state index is 11.3. The first-order valence-electron chi connectivity index (χ1n) is 5.44. The Labute approximate surface area is 99.3 Å². The molecule has 1 unspecified atom stereocenters. The first-order valence-corrected chi connectivity index (χ1v) is 5.44. The molecule has 1 atom stereocenters. The molecule has 0 aromatic carbocycles. The monoisotopic (exact) mass is 237 g/mol. The van der Waals surface area contributed by atoms with E-state index < -0.39 is 22.9 Å². The van der Waals surface area contributed by atoms with E-state index in [1.165, 1.54) is 6.08 Å². The third kappa shape index (κ3) is 2.41. The van der Waals surface area contributed by atoms with Crippen LogP contribution in [0, 0.1) is 16.7 Å². The van der Waals surface area contributed by atoms with Crippen molar-refractivity contribution in [3.8, 4) is 6.07 Å². The zero-order valence-electron chi connectivity index (χ0n) is 9.60. The van der Waals surface area contributed by atoms with Crippen molar-refractivity contribution in [1.29, 1.82) is 5.26 Å². The van der Waals surface area contributed by atoms with E-state index >= 15 is 0 Å². The van der Waals surface area contributed by atoms with E-state index in [1.54, 1.807) is 6.07 Å². The fourth-order valence-corrected chi connectivity index (χ4v) is 1.92. The van der Waals surface area contributed by atoms with Crippen LogP contribution in [-0.4, -0.2) is 21.3 Å². The van der Waals surface area contributed by atoms with E-state index in [0.29, 0.717) is 12.8 Å². The molecule has 0 amide bonds. The lowest BCUT2D eigenvalue weighted by Gasteiger charge is -2.29. The Morgan fingerprint density at radius 2 is 2.24 bits per heavy atom. The summed E-state index contributed by atoms with van der Waals surface area (Å²) >= 11 is 0. The minimum absolute atomic E-state index is 0.167. The number of nitriles is 1. The molecule has 17 heavy (non-hydrogen) atoms. The van der Waals surface area contributed by atoms with Gasteiger partial charge in [0.1, 0.15) is 11.8 Å². The zero-order chi connectivity index (χ0) is 13.1. The summed E-state index contributed by atoms with van der Waals surface area (Å²) in [6.45, 7) is 1.93. The molecule has 0 aromatic heterocycles. The van der Waals surface area contributed by atoms with Crippen LogP contribution >= 0.6 is 0 Å². The third-order valence-corrected chi connectivity index (χ3v) is 2.95. The number of nitrogens with zero attached hydrogens (tertiary/aromatic N) is 1. The molecule has 5 heteroatoms. The molecule has 0 radical (unpaired) electrons. The predicted molar refractivity (Wildman–Crippen MR) is 60.2 cm³/mol. The fraction of sp³-hybridized carbons (Fsp3) is 0.500. The summed E-state index contributed by atoms with van der Waals surface area (Å²) < 4.78 is 0. The molecule has 1 aliphatic rings. The Morgan fingerprint density at radius 1 is 1.59 bits per heavy atom. The van der Waals surface area contributed by atoms with Gasteiger partial charge in [-0.1, -0.05) is 19.8 Å². The number of unbranched alkanes of at least 4 members (excludes halogenated alkanes) is 1. The quantitative estimate of drug-likeness (QED) is 0.697. The molecule has 92 valence electrons. The highest BCUT2D eigenvalue weighted by Gasteiger charge is 2.41. The van der Waals surface area contributed by atoms with Gasteiger partial charge in [-0.05, 0) is 12.5 Å². The minimum Gasteiger partial charge on any atom is -0.508 e. The smallest absolute Gasteiger partial charge is 0.314 e. The van der Waals surface area contributed by atoms with Gasteiger partial charge in [-0.25, -0.2) is 0 Å². The second kappa shape index (κ2) is 4.91. The molecular formula is C12H15NO4. The lowest BCUT2D eigenvalue weighted by atomic mass is 9.74. The molecule has 0 fully saturated rings. The molecule has 0 aromatic rings. The number of hydrogen-bond acceptors (Lipinski definition) is 4. The maximum Gasteiger partial charge on any atom is 0.314 e. The van der Waals surface area contributed by atoms with E-state index in [1.807, 2.05) is 6.92 Å². The van der Waals surface area contributed by atoms with Crippen molar-refractivity contribution < 1.29 is 20.1 Å². The lowest BCUT2D eigenvalue weighted by molar-refractivity contribution is -0.147. The van der Waals surface area contributed by atoms with Gasteiger partial charge in [0.15, 0.2) is 5.76 Å². The van der Waals surface area contributed by atoms with Crippen LogP contribution in [0.2, 0.25) is 0 Å². The standard InChI is InChI=1S/C12H15NO4/c1-2-3-4-12(11(16)17)5-8(7-13)10(15)9(14)6-12/h5,14-15H,2-4,6H2,1H3,(H,16,17). The number of hydrogen-bond donors (Lipinski definition) is 3. The Kier molecular flexibility index (Phi) is 3.79. The van der Waals surface area contributed by atoms with E-state index in [-0.39, 0.29) is 12.0 Å². The second-order valence-electron chi connectivity index (χ2n) is 4.21. The SMILES string of the molecule is CCCCC1(C(=O)O)C=C(C#N)C(O)=C(O)C1. The fourth-order valence-electron chi connectivity index (χ4n) is 1.92. The zero-order valence-corrected chi connectivity index (χ0v) is 9.60. The number of aliphatic carboxylic acids is 1. The molecular weight excluding hydrogens is 222 g/mol. The number of aliphatic hydroxyl groups is 2.